The molecule has 1 unspecified atom stereocenters. The average Bonchev–Trinajstić information content (AvgIpc) is 2.43. The Morgan fingerprint density at radius 2 is 2.10 bits per heavy atom. The molecule has 0 heterocycles. The van der Waals surface area contributed by atoms with Gasteiger partial charge in [0.1, 0.15) is 0 Å². The number of amides is 1. The number of carbonyl (C=O) groups is 1. The first-order chi connectivity index (χ1) is 9.81. The summed E-state index contributed by atoms with van der Waals surface area (Å²) < 4.78 is 43.3. The number of likely N-dealkylation sites (N-methyl/N-ethyl adjacent to an activating group) is 1. The molecule has 1 aromatic rings. The van der Waals surface area contributed by atoms with E-state index in [0.29, 0.717) is 5.56 Å². The minimum atomic E-state index is -4.43. The third-order valence-corrected chi connectivity index (χ3v) is 2.94. The SMILES string of the molecule is CC#CC(=O)N(C)C(COC)c1cccc(C(F)(F)F)c1. The van der Waals surface area contributed by atoms with Gasteiger partial charge >= 0.3 is 6.18 Å². The zero-order chi connectivity index (χ0) is 16.0. The van der Waals surface area contributed by atoms with Gasteiger partial charge in [0.15, 0.2) is 0 Å². The molecule has 0 aliphatic rings. The van der Waals surface area contributed by atoms with Gasteiger partial charge < -0.3 is 9.64 Å². The number of rotatable bonds is 4. The second-order valence-corrected chi connectivity index (χ2v) is 4.39. The molecule has 1 atom stereocenters. The summed E-state index contributed by atoms with van der Waals surface area (Å²) in [4.78, 5) is 13.1. The number of nitrogens with zero attached hydrogens (tertiary/aromatic N) is 1. The smallest absolute Gasteiger partial charge is 0.382 e. The summed E-state index contributed by atoms with van der Waals surface area (Å²) in [6, 6.07) is 4.21. The first-order valence-corrected chi connectivity index (χ1v) is 6.17. The number of hydrogen-bond acceptors (Lipinski definition) is 2. The molecule has 1 rings (SSSR count). The van der Waals surface area contributed by atoms with E-state index >= 15 is 0 Å². The molecule has 0 bridgehead atoms. The molecule has 114 valence electrons. The Bertz CT molecular complexity index is 558. The van der Waals surface area contributed by atoms with Gasteiger partial charge in [-0.1, -0.05) is 18.1 Å². The van der Waals surface area contributed by atoms with E-state index in [1.54, 1.807) is 0 Å². The maximum atomic E-state index is 12.8. The van der Waals surface area contributed by atoms with Crippen molar-refractivity contribution in [3.8, 4) is 11.8 Å². The van der Waals surface area contributed by atoms with E-state index in [1.807, 2.05) is 0 Å². The highest BCUT2D eigenvalue weighted by molar-refractivity contribution is 5.93. The van der Waals surface area contributed by atoms with Gasteiger partial charge in [-0.05, 0) is 30.5 Å². The molecular formula is C15H16F3NO2. The number of carbonyl (C=O) groups excluding carboxylic acids is 1. The Balaban J connectivity index is 3.16. The van der Waals surface area contributed by atoms with Crippen LogP contribution in [0.2, 0.25) is 0 Å². The standard InChI is InChI=1S/C15H16F3NO2/c1-4-6-14(20)19(2)13(10-21-3)11-7-5-8-12(9-11)15(16,17)18/h5,7-9,13H,10H2,1-3H3. The Morgan fingerprint density at radius 1 is 1.43 bits per heavy atom. The molecule has 21 heavy (non-hydrogen) atoms. The van der Waals surface area contributed by atoms with Crippen molar-refractivity contribution in [1.82, 2.24) is 4.90 Å². The van der Waals surface area contributed by atoms with E-state index in [-0.39, 0.29) is 6.61 Å². The summed E-state index contributed by atoms with van der Waals surface area (Å²) in [6.45, 7) is 1.59. The zero-order valence-electron chi connectivity index (χ0n) is 12.0. The van der Waals surface area contributed by atoms with Crippen LogP contribution in [0.15, 0.2) is 24.3 Å². The Kier molecular flexibility index (Phi) is 5.79. The van der Waals surface area contributed by atoms with Crippen LogP contribution >= 0.6 is 0 Å². The normalized spacial score (nSPS) is 12.3. The van der Waals surface area contributed by atoms with Crippen molar-refractivity contribution in [3.63, 3.8) is 0 Å². The molecule has 0 saturated carbocycles. The van der Waals surface area contributed by atoms with Crippen LogP contribution in [0.25, 0.3) is 0 Å². The van der Waals surface area contributed by atoms with Crippen LogP contribution < -0.4 is 0 Å². The highest BCUT2D eigenvalue weighted by atomic mass is 19.4. The summed E-state index contributed by atoms with van der Waals surface area (Å²) in [5.41, 5.74) is -0.413. The predicted octanol–water partition coefficient (Wildman–Crippen LogP) is 2.87. The number of methoxy groups -OCH3 is 1. The van der Waals surface area contributed by atoms with Crippen molar-refractivity contribution in [2.75, 3.05) is 20.8 Å². The molecule has 0 aliphatic heterocycles. The van der Waals surface area contributed by atoms with Gasteiger partial charge in [-0.25, -0.2) is 0 Å². The molecule has 0 fully saturated rings. The molecular weight excluding hydrogens is 283 g/mol. The Labute approximate surface area is 121 Å². The molecule has 0 saturated heterocycles. The second kappa shape index (κ2) is 7.14. The molecule has 1 amide bonds. The van der Waals surface area contributed by atoms with Crippen molar-refractivity contribution in [2.24, 2.45) is 0 Å². The quantitative estimate of drug-likeness (QED) is 0.800. The lowest BCUT2D eigenvalue weighted by atomic mass is 10.0. The highest BCUT2D eigenvalue weighted by Crippen LogP contribution is 2.31. The van der Waals surface area contributed by atoms with Gasteiger partial charge in [0.2, 0.25) is 0 Å². The largest absolute Gasteiger partial charge is 0.416 e. The van der Waals surface area contributed by atoms with Crippen molar-refractivity contribution < 1.29 is 22.7 Å². The Hall–Kier alpha value is -2.00. The summed E-state index contributed by atoms with van der Waals surface area (Å²) >= 11 is 0. The molecule has 0 aliphatic carbocycles. The summed E-state index contributed by atoms with van der Waals surface area (Å²) in [5, 5.41) is 0. The maximum Gasteiger partial charge on any atom is 0.416 e. The molecule has 0 N–H and O–H groups in total. The van der Waals surface area contributed by atoms with E-state index in [4.69, 9.17) is 4.74 Å². The first kappa shape index (κ1) is 17.1. The summed E-state index contributed by atoms with van der Waals surface area (Å²) in [6.07, 6.45) is -4.43. The fourth-order valence-electron chi connectivity index (χ4n) is 1.85. The first-order valence-electron chi connectivity index (χ1n) is 6.17. The van der Waals surface area contributed by atoms with E-state index in [2.05, 4.69) is 11.8 Å². The van der Waals surface area contributed by atoms with Crippen LogP contribution in [0.3, 0.4) is 0 Å². The van der Waals surface area contributed by atoms with Gasteiger partial charge in [0, 0.05) is 14.2 Å². The Morgan fingerprint density at radius 3 is 2.62 bits per heavy atom. The van der Waals surface area contributed by atoms with Crippen LogP contribution in [0.4, 0.5) is 13.2 Å². The minimum absolute atomic E-state index is 0.0783. The van der Waals surface area contributed by atoms with Crippen LogP contribution in [0.5, 0.6) is 0 Å². The van der Waals surface area contributed by atoms with Crippen LogP contribution in [-0.4, -0.2) is 31.6 Å². The van der Waals surface area contributed by atoms with Crippen molar-refractivity contribution in [3.05, 3.63) is 35.4 Å². The third kappa shape index (κ3) is 4.50. The average molecular weight is 299 g/mol. The minimum Gasteiger partial charge on any atom is -0.382 e. The molecule has 0 spiro atoms. The number of hydrogen-bond donors (Lipinski definition) is 0. The van der Waals surface area contributed by atoms with Gasteiger partial charge in [0.05, 0.1) is 18.2 Å². The number of benzene rings is 1. The number of alkyl halides is 3. The maximum absolute atomic E-state index is 12.8. The molecule has 6 heteroatoms. The molecule has 0 radical (unpaired) electrons. The molecule has 3 nitrogen and oxygen atoms in total. The van der Waals surface area contributed by atoms with Crippen LogP contribution in [0.1, 0.15) is 24.1 Å². The van der Waals surface area contributed by atoms with Gasteiger partial charge in [-0.3, -0.25) is 4.79 Å². The van der Waals surface area contributed by atoms with Gasteiger partial charge in [-0.15, -0.1) is 0 Å². The summed E-state index contributed by atoms with van der Waals surface area (Å²) in [7, 11) is 2.90. The van der Waals surface area contributed by atoms with E-state index in [9.17, 15) is 18.0 Å². The lowest BCUT2D eigenvalue weighted by Gasteiger charge is -2.27. The van der Waals surface area contributed by atoms with Crippen LogP contribution in [0, 0.1) is 11.8 Å². The van der Waals surface area contributed by atoms with Gasteiger partial charge in [0.25, 0.3) is 5.91 Å². The van der Waals surface area contributed by atoms with Gasteiger partial charge in [-0.2, -0.15) is 13.2 Å². The highest BCUT2D eigenvalue weighted by Gasteiger charge is 2.31. The second-order valence-electron chi connectivity index (χ2n) is 4.39. The van der Waals surface area contributed by atoms with E-state index < -0.39 is 23.7 Å². The lowest BCUT2D eigenvalue weighted by Crippen LogP contribution is -2.33. The topological polar surface area (TPSA) is 29.5 Å². The zero-order valence-corrected chi connectivity index (χ0v) is 12.0. The van der Waals surface area contributed by atoms with Crippen molar-refractivity contribution in [2.45, 2.75) is 19.1 Å². The lowest BCUT2D eigenvalue weighted by molar-refractivity contribution is -0.137. The van der Waals surface area contributed by atoms with Crippen molar-refractivity contribution >= 4 is 5.91 Å². The van der Waals surface area contributed by atoms with Crippen molar-refractivity contribution in [1.29, 1.82) is 0 Å². The fourth-order valence-corrected chi connectivity index (χ4v) is 1.85. The number of ether oxygens (including phenoxy) is 1. The predicted molar refractivity (Wildman–Crippen MR) is 72.3 cm³/mol. The molecule has 0 aromatic heterocycles. The molecule has 1 aromatic carbocycles. The fraction of sp³-hybridized carbons (Fsp3) is 0.400. The third-order valence-electron chi connectivity index (χ3n) is 2.94. The van der Waals surface area contributed by atoms with E-state index in [0.717, 1.165) is 12.1 Å². The van der Waals surface area contributed by atoms with E-state index in [1.165, 1.54) is 38.1 Å². The van der Waals surface area contributed by atoms with Crippen LogP contribution in [-0.2, 0) is 15.7 Å². The monoisotopic (exact) mass is 299 g/mol. The summed E-state index contributed by atoms with van der Waals surface area (Å²) in [5.74, 6) is 4.35. The number of halogens is 3.